The van der Waals surface area contributed by atoms with Gasteiger partial charge in [-0.2, -0.15) is 0 Å². The Labute approximate surface area is 444 Å². The van der Waals surface area contributed by atoms with Gasteiger partial charge in [-0.15, -0.1) is 0 Å². The summed E-state index contributed by atoms with van der Waals surface area (Å²) < 4.78 is 49.0. The van der Waals surface area contributed by atoms with Crippen molar-refractivity contribution >= 4 is 54.0 Å². The highest BCUT2D eigenvalue weighted by atomic mass is 16.6. The fourth-order valence-corrected chi connectivity index (χ4v) is 7.24. The minimum Gasteiger partial charge on any atom is -0.494 e. The highest BCUT2D eigenvalue weighted by molar-refractivity contribution is 5.88. The van der Waals surface area contributed by atoms with E-state index in [4.69, 9.17) is 42.6 Å². The summed E-state index contributed by atoms with van der Waals surface area (Å²) in [6, 6.07) is 22.4. The third-order valence-electron chi connectivity index (χ3n) is 11.3. The second kappa shape index (κ2) is 40.5. The normalized spacial score (nSPS) is 11.6. The third kappa shape index (κ3) is 32.1. The van der Waals surface area contributed by atoms with E-state index in [0.29, 0.717) is 58.9 Å². The largest absolute Gasteiger partial charge is 0.494 e. The van der Waals surface area contributed by atoms with Gasteiger partial charge in [0.25, 0.3) is 0 Å². The Bertz CT molecular complexity index is 2060. The Balaban J connectivity index is 1.32. The predicted molar refractivity (Wildman–Crippen MR) is 288 cm³/mol. The van der Waals surface area contributed by atoms with E-state index in [1.807, 2.05) is 72.8 Å². The molecule has 0 N–H and O–H groups in total. The van der Waals surface area contributed by atoms with Gasteiger partial charge in [-0.25, -0.2) is 14.4 Å². The molecule has 0 amide bonds. The lowest BCUT2D eigenvalue weighted by Gasteiger charge is -2.18. The second-order valence-corrected chi connectivity index (χ2v) is 17.5. The molecule has 0 atom stereocenters. The van der Waals surface area contributed by atoms with E-state index >= 15 is 0 Å². The van der Waals surface area contributed by atoms with Crippen LogP contribution in [-0.2, 0) is 57.2 Å². The molecule has 3 aromatic carbocycles. The molecule has 15 heteroatoms. The van der Waals surface area contributed by atoms with Crippen LogP contribution in [-0.4, -0.2) is 94.8 Å². The Morgan fingerprint density at radius 1 is 0.360 bits per heavy atom. The number of hydrogen-bond donors (Lipinski definition) is 0. The second-order valence-electron chi connectivity index (χ2n) is 17.5. The van der Waals surface area contributed by atoms with Crippen LogP contribution in [0.2, 0.25) is 0 Å². The SMILES string of the molecule is CCOC(=O)C=Cc1ccc(OCCCCCCCC(=O)OCC(COC(=O)CCCCCCCOc2ccc(C=CC(=O)OCC)cc2)OC(=O)CCCCCCCOc2ccc(C=CC(=O)OCC)cc2)cc1. The van der Waals surface area contributed by atoms with E-state index in [9.17, 15) is 28.8 Å². The molecule has 0 bridgehead atoms. The fraction of sp³-hybridized carbons (Fsp3) is 0.500. The molecule has 3 aromatic rings. The zero-order chi connectivity index (χ0) is 54.0. The lowest BCUT2D eigenvalue weighted by atomic mass is 10.1. The van der Waals surface area contributed by atoms with Gasteiger partial charge in [-0.1, -0.05) is 94.2 Å². The molecule has 15 nitrogen and oxygen atoms in total. The van der Waals surface area contributed by atoms with Gasteiger partial charge in [0.2, 0.25) is 0 Å². The molecule has 0 aromatic heterocycles. The first-order valence-corrected chi connectivity index (χ1v) is 26.8. The molecule has 0 fully saturated rings. The molecular weight excluding hydrogens is 961 g/mol. The highest BCUT2D eigenvalue weighted by Crippen LogP contribution is 2.18. The number of carbonyl (C=O) groups is 6. The third-order valence-corrected chi connectivity index (χ3v) is 11.3. The molecule has 0 aliphatic heterocycles. The molecule has 75 heavy (non-hydrogen) atoms. The number of hydrogen-bond acceptors (Lipinski definition) is 15. The molecule has 0 saturated heterocycles. The molecular formula is C60H80O15. The van der Waals surface area contributed by atoms with Gasteiger partial charge in [0.05, 0.1) is 39.6 Å². The van der Waals surface area contributed by atoms with Crippen LogP contribution < -0.4 is 14.2 Å². The minimum absolute atomic E-state index is 0.187. The Morgan fingerprint density at radius 2 is 0.640 bits per heavy atom. The zero-order valence-electron chi connectivity index (χ0n) is 44.5. The van der Waals surface area contributed by atoms with E-state index in [2.05, 4.69) is 0 Å². The van der Waals surface area contributed by atoms with Crippen molar-refractivity contribution < 1.29 is 71.4 Å². The first-order valence-electron chi connectivity index (χ1n) is 26.8. The summed E-state index contributed by atoms with van der Waals surface area (Å²) in [5.74, 6) is -0.151. The van der Waals surface area contributed by atoms with Gasteiger partial charge >= 0.3 is 35.8 Å². The van der Waals surface area contributed by atoms with E-state index < -0.39 is 24.0 Å². The molecule has 0 aliphatic rings. The summed E-state index contributed by atoms with van der Waals surface area (Å²) in [7, 11) is 0. The van der Waals surface area contributed by atoms with E-state index in [0.717, 1.165) is 111 Å². The lowest BCUT2D eigenvalue weighted by Crippen LogP contribution is -2.30. The summed E-state index contributed by atoms with van der Waals surface area (Å²) in [6.45, 7) is 7.55. The van der Waals surface area contributed by atoms with Crippen molar-refractivity contribution in [1.29, 1.82) is 0 Å². The van der Waals surface area contributed by atoms with Gasteiger partial charge in [0, 0.05) is 37.5 Å². The number of rotatable bonds is 41. The maximum atomic E-state index is 12.9. The van der Waals surface area contributed by atoms with E-state index in [1.165, 1.54) is 18.2 Å². The van der Waals surface area contributed by atoms with Crippen molar-refractivity contribution in [2.75, 3.05) is 52.9 Å². The van der Waals surface area contributed by atoms with Crippen LogP contribution in [0.25, 0.3) is 18.2 Å². The Hall–Kier alpha value is -6.90. The van der Waals surface area contributed by atoms with E-state index in [1.54, 1.807) is 39.0 Å². The summed E-state index contributed by atoms with van der Waals surface area (Å²) in [6.07, 6.45) is 21.6. The molecule has 0 unspecified atom stereocenters. The number of benzene rings is 3. The number of esters is 6. The number of ether oxygens (including phenoxy) is 9. The summed E-state index contributed by atoms with van der Waals surface area (Å²) in [4.78, 5) is 72.9. The average Bonchev–Trinajstić information content (AvgIpc) is 3.41. The van der Waals surface area contributed by atoms with Crippen LogP contribution in [0, 0.1) is 0 Å². The Kier molecular flexibility index (Phi) is 33.7. The predicted octanol–water partition coefficient (Wildman–Crippen LogP) is 12.0. The molecule has 0 saturated carbocycles. The van der Waals surface area contributed by atoms with Crippen LogP contribution in [0.4, 0.5) is 0 Å². The van der Waals surface area contributed by atoms with E-state index in [-0.39, 0.29) is 50.4 Å². The van der Waals surface area contributed by atoms with Gasteiger partial charge in [-0.3, -0.25) is 14.4 Å². The first-order chi connectivity index (χ1) is 36.6. The van der Waals surface area contributed by atoms with Crippen molar-refractivity contribution in [3.8, 4) is 17.2 Å². The van der Waals surface area contributed by atoms with Crippen LogP contribution >= 0.6 is 0 Å². The standard InChI is InChI=1S/C60H80O15/c1-4-67-57(63)40-31-48-25-34-51(35-26-48)70-43-19-13-7-10-16-22-55(61)73-46-54(75-60(66)24-18-12-9-15-21-45-72-53-38-29-50(30-39-53)33-42-59(65)69-6-3)47-74-56(62)23-17-11-8-14-20-44-71-52-36-27-49(28-37-52)32-41-58(64)68-5-2/h25-42,54H,4-24,43-47H2,1-3H3. The summed E-state index contributed by atoms with van der Waals surface area (Å²) in [5.41, 5.74) is 2.60. The van der Waals surface area contributed by atoms with Crippen LogP contribution in [0.1, 0.15) is 153 Å². The maximum Gasteiger partial charge on any atom is 0.330 e. The van der Waals surface area contributed by atoms with Crippen molar-refractivity contribution in [1.82, 2.24) is 0 Å². The van der Waals surface area contributed by atoms with Gasteiger partial charge in [0.15, 0.2) is 6.10 Å². The molecule has 3 rings (SSSR count). The van der Waals surface area contributed by atoms with Gasteiger partial charge in [0.1, 0.15) is 30.5 Å². The van der Waals surface area contributed by atoms with Crippen molar-refractivity contribution in [3.63, 3.8) is 0 Å². The maximum absolute atomic E-state index is 12.9. The van der Waals surface area contributed by atoms with Gasteiger partial charge in [-0.05, 0) is 131 Å². The molecule has 410 valence electrons. The van der Waals surface area contributed by atoms with Crippen LogP contribution in [0.15, 0.2) is 91.0 Å². The number of carbonyl (C=O) groups excluding carboxylic acids is 6. The molecule has 0 heterocycles. The topological polar surface area (TPSA) is 185 Å². The monoisotopic (exact) mass is 1040 g/mol. The smallest absolute Gasteiger partial charge is 0.330 e. The minimum atomic E-state index is -0.917. The summed E-state index contributed by atoms with van der Waals surface area (Å²) >= 11 is 0. The lowest BCUT2D eigenvalue weighted by molar-refractivity contribution is -0.167. The Morgan fingerprint density at radius 3 is 0.947 bits per heavy atom. The quantitative estimate of drug-likeness (QED) is 0.0226. The molecule has 0 radical (unpaired) electrons. The number of unbranched alkanes of at least 4 members (excludes halogenated alkanes) is 12. The van der Waals surface area contributed by atoms with Crippen molar-refractivity contribution in [2.24, 2.45) is 0 Å². The molecule has 0 aliphatic carbocycles. The highest BCUT2D eigenvalue weighted by Gasteiger charge is 2.20. The van der Waals surface area contributed by atoms with Crippen LogP contribution in [0.5, 0.6) is 17.2 Å². The van der Waals surface area contributed by atoms with Crippen molar-refractivity contribution in [3.05, 3.63) is 108 Å². The molecule has 0 spiro atoms. The van der Waals surface area contributed by atoms with Crippen LogP contribution in [0.3, 0.4) is 0 Å². The summed E-state index contributed by atoms with van der Waals surface area (Å²) in [5, 5.41) is 0. The fourth-order valence-electron chi connectivity index (χ4n) is 7.24. The van der Waals surface area contributed by atoms with Gasteiger partial charge < -0.3 is 42.6 Å². The zero-order valence-corrected chi connectivity index (χ0v) is 44.5. The first kappa shape index (κ1) is 62.4. The van der Waals surface area contributed by atoms with Crippen molar-refractivity contribution in [2.45, 2.75) is 142 Å². The average molecular weight is 1040 g/mol.